The third-order valence-electron chi connectivity index (χ3n) is 2.60. The van der Waals surface area contributed by atoms with Gasteiger partial charge in [-0.3, -0.25) is 4.79 Å². The normalized spacial score (nSPS) is 14.0. The van der Waals surface area contributed by atoms with E-state index in [1.165, 1.54) is 0 Å². The molecule has 80 valence electrons. The van der Waals surface area contributed by atoms with Crippen molar-refractivity contribution in [1.29, 1.82) is 0 Å². The van der Waals surface area contributed by atoms with Crippen LogP contribution in [0.4, 0.5) is 0 Å². The Labute approximate surface area is 87.4 Å². The van der Waals surface area contributed by atoms with E-state index in [1.807, 2.05) is 0 Å². The molecule has 0 spiro atoms. The molecule has 1 N–H and O–H groups in total. The molecule has 1 aromatic carbocycles. The molecule has 4 heteroatoms. The first-order valence-corrected chi connectivity index (χ1v) is 4.66. The molecular weight excluding hydrogens is 196 g/mol. The number of benzene rings is 1. The molecule has 0 unspecified atom stereocenters. The summed E-state index contributed by atoms with van der Waals surface area (Å²) in [6, 6.07) is 5.29. The Morgan fingerprint density at radius 3 is 2.80 bits per heavy atom. The SMILES string of the molecule is CC(C)(C(=O)O)c1cccc2c1OCO2. The molecule has 0 amide bonds. The molecule has 0 saturated heterocycles. The summed E-state index contributed by atoms with van der Waals surface area (Å²) in [6.07, 6.45) is 0. The van der Waals surface area contributed by atoms with Crippen LogP contribution in [0.5, 0.6) is 11.5 Å². The maximum atomic E-state index is 11.1. The molecule has 0 aromatic heterocycles. The number of carboxylic acid groups (broad SMARTS) is 1. The van der Waals surface area contributed by atoms with Crippen LogP contribution in [0, 0.1) is 0 Å². The second kappa shape index (κ2) is 3.15. The van der Waals surface area contributed by atoms with Crippen LogP contribution in [0.1, 0.15) is 19.4 Å². The highest BCUT2D eigenvalue weighted by atomic mass is 16.7. The number of carboxylic acids is 1. The minimum Gasteiger partial charge on any atom is -0.481 e. The highest BCUT2D eigenvalue weighted by Crippen LogP contribution is 2.41. The molecule has 0 saturated carbocycles. The molecule has 4 nitrogen and oxygen atoms in total. The van der Waals surface area contributed by atoms with Gasteiger partial charge >= 0.3 is 5.97 Å². The third kappa shape index (κ3) is 1.42. The average Bonchev–Trinajstić information content (AvgIpc) is 2.64. The second-order valence-corrected chi connectivity index (χ2v) is 3.97. The Morgan fingerprint density at radius 1 is 1.40 bits per heavy atom. The fourth-order valence-corrected chi connectivity index (χ4v) is 1.54. The number of aliphatic carboxylic acids is 1. The van der Waals surface area contributed by atoms with Gasteiger partial charge in [0.25, 0.3) is 0 Å². The fourth-order valence-electron chi connectivity index (χ4n) is 1.54. The predicted octanol–water partition coefficient (Wildman–Crippen LogP) is 1.78. The number of fused-ring (bicyclic) bond motifs is 1. The number of hydrogen-bond donors (Lipinski definition) is 1. The number of para-hydroxylation sites is 1. The Balaban J connectivity index is 2.54. The molecule has 1 aliphatic heterocycles. The smallest absolute Gasteiger partial charge is 0.313 e. The zero-order valence-electron chi connectivity index (χ0n) is 8.61. The van der Waals surface area contributed by atoms with Crippen molar-refractivity contribution in [1.82, 2.24) is 0 Å². The van der Waals surface area contributed by atoms with E-state index in [0.717, 1.165) is 0 Å². The average molecular weight is 208 g/mol. The lowest BCUT2D eigenvalue weighted by atomic mass is 9.84. The largest absolute Gasteiger partial charge is 0.481 e. The number of carbonyl (C=O) groups is 1. The van der Waals surface area contributed by atoms with Crippen LogP contribution >= 0.6 is 0 Å². The van der Waals surface area contributed by atoms with Crippen molar-refractivity contribution in [3.8, 4) is 11.5 Å². The zero-order valence-corrected chi connectivity index (χ0v) is 8.61. The Hall–Kier alpha value is -1.71. The van der Waals surface area contributed by atoms with Crippen molar-refractivity contribution < 1.29 is 19.4 Å². The van der Waals surface area contributed by atoms with Gasteiger partial charge < -0.3 is 14.6 Å². The third-order valence-corrected chi connectivity index (χ3v) is 2.60. The maximum Gasteiger partial charge on any atom is 0.313 e. The lowest BCUT2D eigenvalue weighted by molar-refractivity contribution is -0.142. The molecule has 0 fully saturated rings. The van der Waals surface area contributed by atoms with Crippen LogP contribution in [0.2, 0.25) is 0 Å². The fraction of sp³-hybridized carbons (Fsp3) is 0.364. The summed E-state index contributed by atoms with van der Waals surface area (Å²) in [4.78, 5) is 11.1. The van der Waals surface area contributed by atoms with Crippen molar-refractivity contribution in [2.45, 2.75) is 19.3 Å². The first-order chi connectivity index (χ1) is 7.03. The molecular formula is C11H12O4. The van der Waals surface area contributed by atoms with Crippen molar-refractivity contribution in [3.63, 3.8) is 0 Å². The standard InChI is InChI=1S/C11H12O4/c1-11(2,10(12)13)7-4-3-5-8-9(7)15-6-14-8/h3-5H,6H2,1-2H3,(H,12,13). The maximum absolute atomic E-state index is 11.1. The highest BCUT2D eigenvalue weighted by Gasteiger charge is 2.35. The molecule has 0 radical (unpaired) electrons. The summed E-state index contributed by atoms with van der Waals surface area (Å²) in [6.45, 7) is 3.45. The van der Waals surface area contributed by atoms with Gasteiger partial charge in [-0.2, -0.15) is 0 Å². The van der Waals surface area contributed by atoms with E-state index in [0.29, 0.717) is 17.1 Å². The van der Waals surface area contributed by atoms with Gasteiger partial charge in [0.2, 0.25) is 6.79 Å². The topological polar surface area (TPSA) is 55.8 Å². The van der Waals surface area contributed by atoms with Gasteiger partial charge in [0.05, 0.1) is 5.41 Å². The van der Waals surface area contributed by atoms with Gasteiger partial charge in [0, 0.05) is 5.56 Å². The zero-order chi connectivity index (χ0) is 11.1. The molecule has 2 rings (SSSR count). The van der Waals surface area contributed by atoms with Crippen LogP contribution in [0.3, 0.4) is 0 Å². The minimum absolute atomic E-state index is 0.155. The molecule has 0 atom stereocenters. The van der Waals surface area contributed by atoms with E-state index >= 15 is 0 Å². The predicted molar refractivity (Wildman–Crippen MR) is 53.2 cm³/mol. The first-order valence-electron chi connectivity index (χ1n) is 4.66. The Bertz CT molecular complexity index is 409. The van der Waals surface area contributed by atoms with Crippen molar-refractivity contribution in [2.75, 3.05) is 6.79 Å². The monoisotopic (exact) mass is 208 g/mol. The second-order valence-electron chi connectivity index (χ2n) is 3.97. The quantitative estimate of drug-likeness (QED) is 0.804. The van der Waals surface area contributed by atoms with Crippen LogP contribution in [0.25, 0.3) is 0 Å². The molecule has 0 bridgehead atoms. The van der Waals surface area contributed by atoms with Crippen molar-refractivity contribution in [2.24, 2.45) is 0 Å². The van der Waals surface area contributed by atoms with Gasteiger partial charge in [0.1, 0.15) is 0 Å². The molecule has 1 aliphatic rings. The van der Waals surface area contributed by atoms with Gasteiger partial charge in [-0.1, -0.05) is 12.1 Å². The molecule has 1 aromatic rings. The van der Waals surface area contributed by atoms with Crippen molar-refractivity contribution >= 4 is 5.97 Å². The lowest BCUT2D eigenvalue weighted by Crippen LogP contribution is -2.28. The summed E-state index contributed by atoms with van der Waals surface area (Å²) in [5.74, 6) is 0.276. The molecule has 1 heterocycles. The van der Waals surface area contributed by atoms with E-state index in [2.05, 4.69) is 0 Å². The molecule has 15 heavy (non-hydrogen) atoms. The van der Waals surface area contributed by atoms with Gasteiger partial charge in [0.15, 0.2) is 11.5 Å². The first kappa shape index (κ1) is 9.83. The van der Waals surface area contributed by atoms with E-state index in [-0.39, 0.29) is 6.79 Å². The lowest BCUT2D eigenvalue weighted by Gasteiger charge is -2.20. The number of hydrogen-bond acceptors (Lipinski definition) is 3. The summed E-state index contributed by atoms with van der Waals surface area (Å²) >= 11 is 0. The van der Waals surface area contributed by atoms with E-state index in [1.54, 1.807) is 32.0 Å². The van der Waals surface area contributed by atoms with Crippen LogP contribution in [-0.4, -0.2) is 17.9 Å². The Kier molecular flexibility index (Phi) is 2.07. The van der Waals surface area contributed by atoms with Crippen molar-refractivity contribution in [3.05, 3.63) is 23.8 Å². The number of ether oxygens (including phenoxy) is 2. The minimum atomic E-state index is -0.973. The van der Waals surface area contributed by atoms with E-state index in [4.69, 9.17) is 14.6 Å². The summed E-state index contributed by atoms with van der Waals surface area (Å²) in [7, 11) is 0. The van der Waals surface area contributed by atoms with E-state index < -0.39 is 11.4 Å². The highest BCUT2D eigenvalue weighted by molar-refractivity contribution is 5.82. The number of rotatable bonds is 2. The Morgan fingerprint density at radius 2 is 2.13 bits per heavy atom. The van der Waals surface area contributed by atoms with Gasteiger partial charge in [-0.25, -0.2) is 0 Å². The van der Waals surface area contributed by atoms with Gasteiger partial charge in [-0.05, 0) is 19.9 Å². The van der Waals surface area contributed by atoms with Crippen LogP contribution < -0.4 is 9.47 Å². The summed E-state index contributed by atoms with van der Waals surface area (Å²) in [5.41, 5.74) is -0.330. The summed E-state index contributed by atoms with van der Waals surface area (Å²) in [5, 5.41) is 9.13. The van der Waals surface area contributed by atoms with Gasteiger partial charge in [-0.15, -0.1) is 0 Å². The summed E-state index contributed by atoms with van der Waals surface area (Å²) < 4.78 is 10.5. The van der Waals surface area contributed by atoms with Crippen LogP contribution in [-0.2, 0) is 10.2 Å². The molecule has 0 aliphatic carbocycles. The van der Waals surface area contributed by atoms with E-state index in [9.17, 15) is 4.79 Å². The van der Waals surface area contributed by atoms with Crippen LogP contribution in [0.15, 0.2) is 18.2 Å².